The van der Waals surface area contributed by atoms with E-state index < -0.39 is 0 Å². The van der Waals surface area contributed by atoms with Crippen molar-refractivity contribution in [3.63, 3.8) is 0 Å². The van der Waals surface area contributed by atoms with E-state index in [0.29, 0.717) is 11.4 Å². The Hall–Kier alpha value is -3.54. The molecule has 28 heavy (non-hydrogen) atoms. The van der Waals surface area contributed by atoms with E-state index in [1.54, 1.807) is 13.3 Å². The molecule has 0 bridgehead atoms. The summed E-state index contributed by atoms with van der Waals surface area (Å²) in [5.74, 6) is 1.45. The van der Waals surface area contributed by atoms with Gasteiger partial charge < -0.3 is 20.3 Å². The number of nitrogen functional groups attached to an aromatic ring is 1. The second kappa shape index (κ2) is 6.88. The van der Waals surface area contributed by atoms with E-state index in [-0.39, 0.29) is 0 Å². The van der Waals surface area contributed by atoms with Gasteiger partial charge in [-0.15, -0.1) is 0 Å². The quantitative estimate of drug-likeness (QED) is 0.514. The Bertz CT molecular complexity index is 1140. The minimum Gasteiger partial charge on any atom is -0.496 e. The van der Waals surface area contributed by atoms with Crippen LogP contribution in [-0.4, -0.2) is 17.3 Å². The molecule has 2 aromatic heterocycles. The smallest absolute Gasteiger partial charge is 0.141 e. The second-order valence-electron chi connectivity index (χ2n) is 6.85. The molecule has 0 aliphatic rings. The first-order valence-electron chi connectivity index (χ1n) is 9.01. The van der Waals surface area contributed by atoms with E-state index in [9.17, 15) is 0 Å². The van der Waals surface area contributed by atoms with Crippen LogP contribution in [0.5, 0.6) is 5.75 Å². The van der Waals surface area contributed by atoms with Crippen molar-refractivity contribution < 1.29 is 9.26 Å². The van der Waals surface area contributed by atoms with Crippen molar-refractivity contribution >= 4 is 28.0 Å². The molecule has 6 heteroatoms. The number of nitrogens with one attached hydrogen (secondary N) is 1. The van der Waals surface area contributed by atoms with Gasteiger partial charge in [-0.05, 0) is 45.0 Å². The molecule has 4 aromatic rings. The lowest BCUT2D eigenvalue weighted by atomic mass is 10.00. The number of anilines is 3. The van der Waals surface area contributed by atoms with Crippen LogP contribution >= 0.6 is 0 Å². The van der Waals surface area contributed by atoms with Crippen molar-refractivity contribution in [1.82, 2.24) is 10.1 Å². The van der Waals surface area contributed by atoms with Crippen molar-refractivity contribution in [3.8, 4) is 16.9 Å². The molecule has 0 amide bonds. The summed E-state index contributed by atoms with van der Waals surface area (Å²) in [5.41, 5.74) is 13.2. The Morgan fingerprint density at radius 3 is 2.46 bits per heavy atom. The Labute approximate surface area is 163 Å². The molecule has 0 fully saturated rings. The van der Waals surface area contributed by atoms with Crippen molar-refractivity contribution in [3.05, 3.63) is 59.6 Å². The monoisotopic (exact) mass is 374 g/mol. The third-order valence-electron chi connectivity index (χ3n) is 4.84. The normalized spacial score (nSPS) is 11.0. The van der Waals surface area contributed by atoms with Gasteiger partial charge in [-0.1, -0.05) is 22.9 Å². The average molecular weight is 374 g/mol. The summed E-state index contributed by atoms with van der Waals surface area (Å²) in [7, 11) is 1.65. The first kappa shape index (κ1) is 17.9. The zero-order valence-corrected chi connectivity index (χ0v) is 16.3. The molecule has 0 atom stereocenters. The molecule has 6 nitrogen and oxygen atoms in total. The zero-order valence-electron chi connectivity index (χ0n) is 16.3. The van der Waals surface area contributed by atoms with Crippen LogP contribution in [0.2, 0.25) is 0 Å². The standard InChI is InChI=1S/C22H22N4O2/c1-12-5-7-15(8-6-12)25-22-16-10-20(27-4)17(9-19(16)24-11-18(22)23)21-13(2)26-28-14(21)3/h5-11H,23H2,1-4H3,(H,24,25). The van der Waals surface area contributed by atoms with E-state index in [1.807, 2.05) is 38.1 Å². The fraction of sp³-hybridized carbons (Fsp3) is 0.182. The fourth-order valence-corrected chi connectivity index (χ4v) is 3.39. The summed E-state index contributed by atoms with van der Waals surface area (Å²) in [4.78, 5) is 4.53. The maximum absolute atomic E-state index is 6.25. The lowest BCUT2D eigenvalue weighted by molar-refractivity contribution is 0.393. The predicted octanol–water partition coefficient (Wildman–Crippen LogP) is 5.15. The van der Waals surface area contributed by atoms with Gasteiger partial charge in [-0.25, -0.2) is 0 Å². The Kier molecular flexibility index (Phi) is 4.39. The number of hydrogen-bond donors (Lipinski definition) is 2. The average Bonchev–Trinajstić information content (AvgIpc) is 3.03. The number of nitrogens with two attached hydrogens (primary N) is 1. The van der Waals surface area contributed by atoms with Crippen LogP contribution in [-0.2, 0) is 0 Å². The van der Waals surface area contributed by atoms with Crippen molar-refractivity contribution in [2.75, 3.05) is 18.2 Å². The molecule has 2 heterocycles. The second-order valence-corrected chi connectivity index (χ2v) is 6.85. The molecule has 0 spiro atoms. The number of benzene rings is 2. The van der Waals surface area contributed by atoms with Gasteiger partial charge in [0.1, 0.15) is 11.5 Å². The minimum absolute atomic E-state index is 0.570. The number of nitrogens with zero attached hydrogens (tertiary/aromatic N) is 2. The summed E-state index contributed by atoms with van der Waals surface area (Å²) >= 11 is 0. The topological polar surface area (TPSA) is 86.2 Å². The zero-order chi connectivity index (χ0) is 19.8. The molecule has 0 saturated heterocycles. The van der Waals surface area contributed by atoms with E-state index in [2.05, 4.69) is 34.5 Å². The molecular weight excluding hydrogens is 352 g/mol. The summed E-state index contributed by atoms with van der Waals surface area (Å²) in [6, 6.07) is 12.1. The highest BCUT2D eigenvalue weighted by molar-refractivity contribution is 6.02. The number of fused-ring (bicyclic) bond motifs is 1. The number of methoxy groups -OCH3 is 1. The maximum Gasteiger partial charge on any atom is 0.141 e. The Morgan fingerprint density at radius 2 is 1.82 bits per heavy atom. The molecule has 4 rings (SSSR count). The van der Waals surface area contributed by atoms with Crippen LogP contribution in [0.15, 0.2) is 47.1 Å². The van der Waals surface area contributed by atoms with E-state index >= 15 is 0 Å². The van der Waals surface area contributed by atoms with Gasteiger partial charge in [-0.2, -0.15) is 0 Å². The fourth-order valence-electron chi connectivity index (χ4n) is 3.39. The van der Waals surface area contributed by atoms with Gasteiger partial charge in [0.25, 0.3) is 0 Å². The lowest BCUT2D eigenvalue weighted by Gasteiger charge is -2.15. The number of aromatic nitrogens is 2. The molecular formula is C22H22N4O2. The van der Waals surface area contributed by atoms with Crippen LogP contribution in [0.25, 0.3) is 22.0 Å². The molecule has 0 saturated carbocycles. The highest BCUT2D eigenvalue weighted by atomic mass is 16.5. The number of pyridine rings is 1. The van der Waals surface area contributed by atoms with Crippen molar-refractivity contribution in [2.24, 2.45) is 0 Å². The van der Waals surface area contributed by atoms with Gasteiger partial charge in [0.05, 0.1) is 41.5 Å². The molecule has 0 unspecified atom stereocenters. The summed E-state index contributed by atoms with van der Waals surface area (Å²) in [5, 5.41) is 8.36. The summed E-state index contributed by atoms with van der Waals surface area (Å²) in [6.07, 6.45) is 1.67. The van der Waals surface area contributed by atoms with Gasteiger partial charge in [0.2, 0.25) is 0 Å². The Morgan fingerprint density at radius 1 is 1.07 bits per heavy atom. The highest BCUT2D eigenvalue weighted by Gasteiger charge is 2.19. The highest BCUT2D eigenvalue weighted by Crippen LogP contribution is 2.40. The lowest BCUT2D eigenvalue weighted by Crippen LogP contribution is -2.00. The van der Waals surface area contributed by atoms with Crippen molar-refractivity contribution in [1.29, 1.82) is 0 Å². The van der Waals surface area contributed by atoms with Gasteiger partial charge in [0, 0.05) is 16.6 Å². The van der Waals surface area contributed by atoms with Crippen molar-refractivity contribution in [2.45, 2.75) is 20.8 Å². The largest absolute Gasteiger partial charge is 0.496 e. The molecule has 142 valence electrons. The maximum atomic E-state index is 6.25. The summed E-state index contributed by atoms with van der Waals surface area (Å²) < 4.78 is 11.0. The van der Waals surface area contributed by atoms with Gasteiger partial charge >= 0.3 is 0 Å². The van der Waals surface area contributed by atoms with Crippen LogP contribution < -0.4 is 15.8 Å². The number of rotatable bonds is 4. The minimum atomic E-state index is 0.570. The van der Waals surface area contributed by atoms with E-state index in [0.717, 1.165) is 44.9 Å². The molecule has 2 aromatic carbocycles. The molecule has 0 radical (unpaired) electrons. The van der Waals surface area contributed by atoms with E-state index in [1.165, 1.54) is 5.56 Å². The van der Waals surface area contributed by atoms with Crippen LogP contribution in [0.1, 0.15) is 17.0 Å². The number of hydrogen-bond acceptors (Lipinski definition) is 6. The third kappa shape index (κ3) is 3.03. The first-order valence-corrected chi connectivity index (χ1v) is 9.01. The molecule has 0 aliphatic carbocycles. The SMILES string of the molecule is COc1cc2c(Nc3ccc(C)cc3)c(N)cnc2cc1-c1c(C)noc1C. The van der Waals surface area contributed by atoms with Crippen LogP contribution in [0.3, 0.4) is 0 Å². The number of aryl methyl sites for hydroxylation is 3. The third-order valence-corrected chi connectivity index (χ3v) is 4.84. The first-order chi connectivity index (χ1) is 13.5. The molecule has 3 N–H and O–H groups in total. The summed E-state index contributed by atoms with van der Waals surface area (Å²) in [6.45, 7) is 5.86. The van der Waals surface area contributed by atoms with Gasteiger partial charge in [0.15, 0.2) is 0 Å². The van der Waals surface area contributed by atoms with Crippen LogP contribution in [0.4, 0.5) is 17.1 Å². The Balaban J connectivity index is 1.90. The van der Waals surface area contributed by atoms with Gasteiger partial charge in [-0.3, -0.25) is 4.98 Å². The molecule has 0 aliphatic heterocycles. The number of ether oxygens (including phenoxy) is 1. The van der Waals surface area contributed by atoms with E-state index in [4.69, 9.17) is 15.0 Å². The van der Waals surface area contributed by atoms with Crippen LogP contribution in [0, 0.1) is 20.8 Å². The predicted molar refractivity (Wildman–Crippen MR) is 112 cm³/mol.